The van der Waals surface area contributed by atoms with E-state index < -0.39 is 0 Å². The van der Waals surface area contributed by atoms with Crippen molar-refractivity contribution in [2.75, 3.05) is 13.2 Å². The van der Waals surface area contributed by atoms with Crippen LogP contribution < -0.4 is 5.32 Å². The van der Waals surface area contributed by atoms with E-state index in [1.54, 1.807) is 0 Å². The van der Waals surface area contributed by atoms with Crippen molar-refractivity contribution in [2.24, 2.45) is 10.8 Å². The third-order valence-electron chi connectivity index (χ3n) is 4.23. The van der Waals surface area contributed by atoms with Gasteiger partial charge in [0.05, 0.1) is 12.2 Å². The number of ether oxygens (including phenoxy) is 1. The van der Waals surface area contributed by atoms with Crippen LogP contribution in [0.15, 0.2) is 0 Å². The number of hydrogen-bond acceptors (Lipinski definition) is 2. The van der Waals surface area contributed by atoms with Gasteiger partial charge in [0.2, 0.25) is 0 Å². The molecule has 2 nitrogen and oxygen atoms in total. The molecule has 1 aliphatic carbocycles. The van der Waals surface area contributed by atoms with Gasteiger partial charge in [-0.25, -0.2) is 0 Å². The van der Waals surface area contributed by atoms with Gasteiger partial charge < -0.3 is 10.1 Å². The van der Waals surface area contributed by atoms with E-state index in [0.717, 1.165) is 13.2 Å². The molecule has 2 rings (SSSR count). The summed E-state index contributed by atoms with van der Waals surface area (Å²) in [6.45, 7) is 13.6. The molecule has 1 saturated carbocycles. The molecular weight excluding hydrogens is 198 g/mol. The van der Waals surface area contributed by atoms with Gasteiger partial charge in [-0.2, -0.15) is 0 Å². The highest BCUT2D eigenvalue weighted by Gasteiger charge is 2.53. The molecule has 2 fully saturated rings. The summed E-state index contributed by atoms with van der Waals surface area (Å²) in [6, 6.07) is 0.496. The number of nitrogens with one attached hydrogen (secondary N) is 1. The van der Waals surface area contributed by atoms with Gasteiger partial charge in [0.25, 0.3) is 0 Å². The molecule has 2 unspecified atom stereocenters. The summed E-state index contributed by atoms with van der Waals surface area (Å²) in [5.41, 5.74) is 0.823. The molecule has 1 saturated heterocycles. The molecule has 1 spiro atoms. The Morgan fingerprint density at radius 2 is 1.88 bits per heavy atom. The molecule has 2 aliphatic rings. The summed E-state index contributed by atoms with van der Waals surface area (Å²) in [5, 5.41) is 3.70. The Kier molecular flexibility index (Phi) is 2.87. The standard InChI is InChI=1S/C14H27NO/c1-12(2,3)11-14(16-9-8-15-11)7-6-13(4,5)10-14/h11,15H,6-10H2,1-5H3. The van der Waals surface area contributed by atoms with Crippen molar-refractivity contribution in [3.8, 4) is 0 Å². The Labute approximate surface area is 100 Å². The molecule has 2 atom stereocenters. The summed E-state index contributed by atoms with van der Waals surface area (Å²) in [4.78, 5) is 0. The van der Waals surface area contributed by atoms with Crippen molar-refractivity contribution < 1.29 is 4.74 Å². The Morgan fingerprint density at radius 3 is 2.38 bits per heavy atom. The Balaban J connectivity index is 2.23. The van der Waals surface area contributed by atoms with E-state index >= 15 is 0 Å². The van der Waals surface area contributed by atoms with Crippen LogP contribution in [0.2, 0.25) is 0 Å². The van der Waals surface area contributed by atoms with E-state index in [1.165, 1.54) is 19.3 Å². The summed E-state index contributed by atoms with van der Waals surface area (Å²) in [7, 11) is 0. The molecule has 0 amide bonds. The fourth-order valence-electron chi connectivity index (χ4n) is 3.73. The topological polar surface area (TPSA) is 21.3 Å². The largest absolute Gasteiger partial charge is 0.372 e. The maximum Gasteiger partial charge on any atom is 0.0845 e. The average Bonchev–Trinajstić information content (AvgIpc) is 2.41. The fraction of sp³-hybridized carbons (Fsp3) is 1.00. The molecule has 94 valence electrons. The zero-order valence-corrected chi connectivity index (χ0v) is 11.5. The van der Waals surface area contributed by atoms with Gasteiger partial charge >= 0.3 is 0 Å². The second-order valence-corrected chi connectivity index (χ2v) is 7.51. The first-order chi connectivity index (χ1) is 7.25. The quantitative estimate of drug-likeness (QED) is 0.684. The van der Waals surface area contributed by atoms with E-state index in [1.807, 2.05) is 0 Å². The van der Waals surface area contributed by atoms with Gasteiger partial charge in [-0.15, -0.1) is 0 Å². The zero-order chi connectivity index (χ0) is 12.0. The summed E-state index contributed by atoms with van der Waals surface area (Å²) >= 11 is 0. The molecule has 0 aromatic rings. The average molecular weight is 225 g/mol. The first-order valence-electron chi connectivity index (χ1n) is 6.63. The highest BCUT2D eigenvalue weighted by Crippen LogP contribution is 2.51. The Hall–Kier alpha value is -0.0800. The summed E-state index contributed by atoms with van der Waals surface area (Å²) < 4.78 is 6.24. The van der Waals surface area contributed by atoms with Crippen LogP contribution in [-0.2, 0) is 4.74 Å². The lowest BCUT2D eigenvalue weighted by atomic mass is 9.73. The van der Waals surface area contributed by atoms with Gasteiger partial charge in [0.1, 0.15) is 0 Å². The van der Waals surface area contributed by atoms with Crippen molar-refractivity contribution in [2.45, 2.75) is 65.5 Å². The lowest BCUT2D eigenvalue weighted by Gasteiger charge is -2.49. The minimum Gasteiger partial charge on any atom is -0.372 e. The molecule has 0 radical (unpaired) electrons. The maximum absolute atomic E-state index is 6.24. The highest BCUT2D eigenvalue weighted by atomic mass is 16.5. The van der Waals surface area contributed by atoms with Crippen LogP contribution in [0.5, 0.6) is 0 Å². The van der Waals surface area contributed by atoms with Crippen molar-refractivity contribution in [3.05, 3.63) is 0 Å². The minimum atomic E-state index is 0.0972. The lowest BCUT2D eigenvalue weighted by molar-refractivity contribution is -0.122. The van der Waals surface area contributed by atoms with Crippen molar-refractivity contribution in [1.82, 2.24) is 5.32 Å². The van der Waals surface area contributed by atoms with Crippen molar-refractivity contribution in [3.63, 3.8) is 0 Å². The van der Waals surface area contributed by atoms with Crippen LogP contribution in [0.25, 0.3) is 0 Å². The van der Waals surface area contributed by atoms with Crippen molar-refractivity contribution >= 4 is 0 Å². The molecule has 2 heteroatoms. The third kappa shape index (κ3) is 2.14. The second-order valence-electron chi connectivity index (χ2n) is 7.51. The highest BCUT2D eigenvalue weighted by molar-refractivity contribution is 5.07. The Bertz CT molecular complexity index is 266. The molecule has 1 aliphatic heterocycles. The van der Waals surface area contributed by atoms with Gasteiger partial charge in [0.15, 0.2) is 0 Å². The monoisotopic (exact) mass is 225 g/mol. The van der Waals surface area contributed by atoms with E-state index in [0.29, 0.717) is 11.5 Å². The predicted molar refractivity (Wildman–Crippen MR) is 67.6 cm³/mol. The molecule has 0 bridgehead atoms. The molecule has 1 N–H and O–H groups in total. The van der Waals surface area contributed by atoms with Gasteiger partial charge in [-0.05, 0) is 30.1 Å². The summed E-state index contributed by atoms with van der Waals surface area (Å²) in [5.74, 6) is 0. The zero-order valence-electron chi connectivity index (χ0n) is 11.5. The number of hydrogen-bond donors (Lipinski definition) is 1. The number of rotatable bonds is 0. The molecule has 0 aromatic carbocycles. The summed E-state index contributed by atoms with van der Waals surface area (Å²) in [6.07, 6.45) is 3.71. The SMILES string of the molecule is CC1(C)CCC2(C1)OCCNC2C(C)(C)C. The van der Waals surface area contributed by atoms with E-state index in [-0.39, 0.29) is 11.0 Å². The Morgan fingerprint density at radius 1 is 1.19 bits per heavy atom. The minimum absolute atomic E-state index is 0.0972. The van der Waals surface area contributed by atoms with Gasteiger partial charge in [-0.1, -0.05) is 34.6 Å². The first kappa shape index (κ1) is 12.4. The fourth-order valence-corrected chi connectivity index (χ4v) is 3.73. The maximum atomic E-state index is 6.24. The van der Waals surface area contributed by atoms with E-state index in [4.69, 9.17) is 4.74 Å². The second kappa shape index (κ2) is 3.71. The van der Waals surface area contributed by atoms with Crippen LogP contribution in [0, 0.1) is 10.8 Å². The number of morpholine rings is 1. The van der Waals surface area contributed by atoms with E-state index in [2.05, 4.69) is 39.9 Å². The van der Waals surface area contributed by atoms with Crippen LogP contribution in [-0.4, -0.2) is 24.8 Å². The molecule has 1 heterocycles. The molecular formula is C14H27NO. The normalized spacial score (nSPS) is 39.2. The third-order valence-corrected chi connectivity index (χ3v) is 4.23. The molecule has 16 heavy (non-hydrogen) atoms. The first-order valence-corrected chi connectivity index (χ1v) is 6.63. The van der Waals surface area contributed by atoms with Crippen molar-refractivity contribution in [1.29, 1.82) is 0 Å². The van der Waals surface area contributed by atoms with Gasteiger partial charge in [-0.3, -0.25) is 0 Å². The molecule has 0 aromatic heterocycles. The smallest absolute Gasteiger partial charge is 0.0845 e. The van der Waals surface area contributed by atoms with E-state index in [9.17, 15) is 0 Å². The van der Waals surface area contributed by atoms with Crippen LogP contribution in [0.1, 0.15) is 53.9 Å². The van der Waals surface area contributed by atoms with Crippen LogP contribution >= 0.6 is 0 Å². The van der Waals surface area contributed by atoms with Gasteiger partial charge in [0, 0.05) is 12.6 Å². The van der Waals surface area contributed by atoms with Crippen LogP contribution in [0.4, 0.5) is 0 Å². The predicted octanol–water partition coefficient (Wildman–Crippen LogP) is 2.97. The van der Waals surface area contributed by atoms with Crippen LogP contribution in [0.3, 0.4) is 0 Å². The lowest BCUT2D eigenvalue weighted by Crippen LogP contribution is -2.62.